The van der Waals surface area contributed by atoms with Crippen molar-refractivity contribution in [3.8, 4) is 0 Å². The topological polar surface area (TPSA) is 17.1 Å². The molecule has 0 saturated carbocycles. The summed E-state index contributed by atoms with van der Waals surface area (Å²) >= 11 is 4.42. The van der Waals surface area contributed by atoms with Gasteiger partial charge in [0.25, 0.3) is 7.81 Å². The Hall–Kier alpha value is 1.65. The number of hydrogen-bond donors (Lipinski definition) is 0. The molecule has 0 spiro atoms. The molecular weight excluding hydrogens is 123 g/mol. The van der Waals surface area contributed by atoms with Crippen molar-refractivity contribution < 1.29 is 4.57 Å². The Morgan fingerprint density at radius 1 is 1.75 bits per heavy atom. The Bertz CT molecular complexity index is 15.5. The molecule has 0 aliphatic carbocycles. The zero-order valence-corrected chi connectivity index (χ0v) is 2.88. The first-order valence-electron chi connectivity index (χ1n) is 0.352. The van der Waals surface area contributed by atoms with Crippen LogP contribution in [0.2, 0.25) is 0 Å². The predicted molar refractivity (Wildman–Crippen MR) is 22.0 cm³/mol. The van der Waals surface area contributed by atoms with Gasteiger partial charge < -0.3 is 0 Å². The Balaban J connectivity index is 0. The van der Waals surface area contributed by atoms with Crippen molar-refractivity contribution in [3.05, 3.63) is 0 Å². The van der Waals surface area contributed by atoms with E-state index in [9.17, 15) is 0 Å². The summed E-state index contributed by atoms with van der Waals surface area (Å²) in [6.07, 6.45) is 0. The number of halogens is 1. The van der Waals surface area contributed by atoms with Crippen LogP contribution in [0.25, 0.3) is 0 Å². The molecule has 0 radical (unpaired) electrons. The molecule has 4 heteroatoms. The summed E-state index contributed by atoms with van der Waals surface area (Å²) in [4.78, 5) is 0. The van der Waals surface area contributed by atoms with E-state index in [1.165, 1.54) is 0 Å². The molecular formula is H2CaClOP. The molecule has 0 bridgehead atoms. The van der Waals surface area contributed by atoms with Gasteiger partial charge in [-0.05, 0) is 11.2 Å². The minimum absolute atomic E-state index is 0. The van der Waals surface area contributed by atoms with Crippen molar-refractivity contribution in [1.82, 2.24) is 0 Å². The van der Waals surface area contributed by atoms with E-state index >= 15 is 0 Å². The Morgan fingerprint density at radius 3 is 1.75 bits per heavy atom. The van der Waals surface area contributed by atoms with Crippen LogP contribution in [0.15, 0.2) is 0 Å². The van der Waals surface area contributed by atoms with Crippen LogP contribution in [0.5, 0.6) is 0 Å². The summed E-state index contributed by atoms with van der Waals surface area (Å²) in [5.74, 6) is 0. The third-order valence-electron chi connectivity index (χ3n) is 0. The Labute approximate surface area is 60.7 Å². The maximum absolute atomic E-state index is 8.67. The van der Waals surface area contributed by atoms with Gasteiger partial charge in [-0.2, -0.15) is 0 Å². The summed E-state index contributed by atoms with van der Waals surface area (Å²) in [7, 11) is -0.361. The monoisotopic (exact) mass is 124 g/mol. The fraction of sp³-hybridized carbons (Fsp3) is 0. The molecule has 22 valence electrons. The van der Waals surface area contributed by atoms with Gasteiger partial charge in [0.2, 0.25) is 0 Å². The summed E-state index contributed by atoms with van der Waals surface area (Å²) in [5, 5.41) is 0. The summed E-state index contributed by atoms with van der Waals surface area (Å²) < 4.78 is 8.67. The molecule has 0 saturated heterocycles. The molecule has 0 aliphatic heterocycles. The normalized spacial score (nSPS) is 5.25. The molecule has 0 aromatic rings. The van der Waals surface area contributed by atoms with E-state index in [2.05, 4.69) is 11.2 Å². The van der Waals surface area contributed by atoms with Crippen LogP contribution in [-0.4, -0.2) is 37.7 Å². The van der Waals surface area contributed by atoms with E-state index in [1.807, 2.05) is 0 Å². The molecule has 0 heterocycles. The van der Waals surface area contributed by atoms with Gasteiger partial charge in [0.05, 0.1) is 0 Å². The van der Waals surface area contributed by atoms with E-state index in [-0.39, 0.29) is 45.6 Å². The first kappa shape index (κ1) is 9.17. The molecule has 0 fully saturated rings. The van der Waals surface area contributed by atoms with Crippen LogP contribution in [0, 0.1) is 0 Å². The van der Waals surface area contributed by atoms with E-state index < -0.39 is 0 Å². The molecule has 0 N–H and O–H groups in total. The third kappa shape index (κ3) is 9.42. The average molecular weight is 125 g/mol. The van der Waals surface area contributed by atoms with Crippen molar-refractivity contribution in [2.24, 2.45) is 0 Å². The van der Waals surface area contributed by atoms with Gasteiger partial charge in [-0.25, -0.2) is 0 Å². The second-order valence-corrected chi connectivity index (χ2v) is 0.621. The minimum atomic E-state index is -0.361. The van der Waals surface area contributed by atoms with E-state index in [4.69, 9.17) is 4.57 Å². The van der Waals surface area contributed by atoms with Gasteiger partial charge in [-0.1, -0.05) is 0 Å². The van der Waals surface area contributed by atoms with Crippen LogP contribution in [0.4, 0.5) is 0 Å². The molecule has 0 aromatic carbocycles. The third-order valence-corrected chi connectivity index (χ3v) is 0. The van der Waals surface area contributed by atoms with E-state index in [0.717, 1.165) is 0 Å². The second kappa shape index (κ2) is 8.82. The fourth-order valence-electron chi connectivity index (χ4n) is 0. The Morgan fingerprint density at radius 2 is 1.75 bits per heavy atom. The van der Waals surface area contributed by atoms with Crippen LogP contribution in [-0.2, 0) is 4.57 Å². The van der Waals surface area contributed by atoms with Crippen molar-refractivity contribution in [1.29, 1.82) is 0 Å². The average Bonchev–Trinajstić information content (AvgIpc) is 0.918. The van der Waals surface area contributed by atoms with Crippen LogP contribution >= 0.6 is 19.1 Å². The van der Waals surface area contributed by atoms with Crippen LogP contribution < -0.4 is 0 Å². The zero-order valence-electron chi connectivity index (χ0n) is 1.23. The standard InChI is InChI=1S/Ca.ClOP.2H/c;1-3-2;;. The predicted octanol–water partition coefficient (Wildman–Crippen LogP) is 0.516. The van der Waals surface area contributed by atoms with Crippen molar-refractivity contribution in [2.75, 3.05) is 0 Å². The molecule has 1 nitrogen and oxygen atoms in total. The summed E-state index contributed by atoms with van der Waals surface area (Å²) in [6.45, 7) is 0. The number of hydrogen-bond acceptors (Lipinski definition) is 1. The summed E-state index contributed by atoms with van der Waals surface area (Å²) in [6, 6.07) is 0. The van der Waals surface area contributed by atoms with Crippen LogP contribution in [0.3, 0.4) is 0 Å². The molecule has 0 aromatic heterocycles. The van der Waals surface area contributed by atoms with Crippen LogP contribution in [0.1, 0.15) is 0 Å². The van der Waals surface area contributed by atoms with E-state index in [1.54, 1.807) is 0 Å². The quantitative estimate of drug-likeness (QED) is 0.340. The van der Waals surface area contributed by atoms with Crippen molar-refractivity contribution >= 4 is 56.8 Å². The van der Waals surface area contributed by atoms with Crippen molar-refractivity contribution in [3.63, 3.8) is 0 Å². The molecule has 0 amide bonds. The van der Waals surface area contributed by atoms with Gasteiger partial charge in [-0.3, -0.25) is 4.57 Å². The second-order valence-electron chi connectivity index (χ2n) is 0.0690. The number of rotatable bonds is 0. The molecule has 4 heavy (non-hydrogen) atoms. The molecule has 0 unspecified atom stereocenters. The van der Waals surface area contributed by atoms with E-state index in [0.29, 0.717) is 0 Å². The molecule has 0 rings (SSSR count). The van der Waals surface area contributed by atoms with Crippen molar-refractivity contribution in [2.45, 2.75) is 0 Å². The fourth-order valence-corrected chi connectivity index (χ4v) is 0. The first-order valence-corrected chi connectivity index (χ1v) is 2.07. The molecule has 0 aliphatic rings. The Kier molecular flexibility index (Phi) is 20.2. The SMILES string of the molecule is O=PCl.[CaH2]. The van der Waals surface area contributed by atoms with Gasteiger partial charge in [0.15, 0.2) is 0 Å². The molecule has 0 atom stereocenters. The van der Waals surface area contributed by atoms with Gasteiger partial charge in [-0.15, -0.1) is 0 Å². The van der Waals surface area contributed by atoms with Gasteiger partial charge in [0, 0.05) is 0 Å². The first-order chi connectivity index (χ1) is 1.41. The zero-order chi connectivity index (χ0) is 2.71. The van der Waals surface area contributed by atoms with Gasteiger partial charge in [0.1, 0.15) is 0 Å². The van der Waals surface area contributed by atoms with Gasteiger partial charge >= 0.3 is 37.7 Å². The maximum atomic E-state index is 8.67. The summed E-state index contributed by atoms with van der Waals surface area (Å²) in [5.41, 5.74) is 0.